The Bertz CT molecular complexity index is 896. The molecular weight excluding hydrogens is 420 g/mol. The molecule has 0 aliphatic rings. The zero-order valence-corrected chi connectivity index (χ0v) is 17.3. The third kappa shape index (κ3) is 5.50. The molecule has 0 unspecified atom stereocenters. The summed E-state index contributed by atoms with van der Waals surface area (Å²) < 4.78 is 18.5. The average molecular weight is 443 g/mol. The highest BCUT2D eigenvalue weighted by molar-refractivity contribution is 9.10. The van der Waals surface area contributed by atoms with Gasteiger partial charge in [-0.3, -0.25) is 0 Å². The fourth-order valence-corrected chi connectivity index (χ4v) is 3.15. The number of ether oxygens (including phenoxy) is 3. The minimum absolute atomic E-state index is 0.0781. The Morgan fingerprint density at radius 3 is 2.21 bits per heavy atom. The maximum Gasteiger partial charge on any atom is 0.161 e. The van der Waals surface area contributed by atoms with Gasteiger partial charge in [-0.2, -0.15) is 0 Å². The van der Waals surface area contributed by atoms with E-state index in [-0.39, 0.29) is 6.61 Å². The van der Waals surface area contributed by atoms with Crippen molar-refractivity contribution in [3.05, 3.63) is 87.9 Å². The molecule has 28 heavy (non-hydrogen) atoms. The Morgan fingerprint density at radius 2 is 1.46 bits per heavy atom. The lowest BCUT2D eigenvalue weighted by Gasteiger charge is -2.15. The Labute approximate surface area is 173 Å². The van der Waals surface area contributed by atoms with Gasteiger partial charge in [-0.1, -0.05) is 52.3 Å². The van der Waals surface area contributed by atoms with Gasteiger partial charge >= 0.3 is 0 Å². The minimum Gasteiger partial charge on any atom is -0.490 e. The quantitative estimate of drug-likeness (QED) is 0.475. The highest BCUT2D eigenvalue weighted by Gasteiger charge is 2.09. The summed E-state index contributed by atoms with van der Waals surface area (Å²) in [6, 6.07) is 21.4. The van der Waals surface area contributed by atoms with Gasteiger partial charge in [0.25, 0.3) is 0 Å². The molecule has 0 spiro atoms. The number of hydrogen-bond acceptors (Lipinski definition) is 4. The van der Waals surface area contributed by atoms with E-state index in [1.165, 1.54) is 0 Å². The van der Waals surface area contributed by atoms with Crippen molar-refractivity contribution in [1.29, 1.82) is 0 Å². The summed E-state index contributed by atoms with van der Waals surface area (Å²) in [5.74, 6) is 2.06. The minimum atomic E-state index is -0.0781. The molecule has 4 nitrogen and oxygen atoms in total. The zero-order chi connectivity index (χ0) is 19.8. The van der Waals surface area contributed by atoms with E-state index < -0.39 is 0 Å². The second-order valence-corrected chi connectivity index (χ2v) is 7.10. The number of aliphatic hydroxyl groups is 1. The van der Waals surface area contributed by atoms with E-state index in [2.05, 4.69) is 15.9 Å². The maximum atomic E-state index is 9.51. The van der Waals surface area contributed by atoms with Gasteiger partial charge in [0.2, 0.25) is 0 Å². The van der Waals surface area contributed by atoms with Gasteiger partial charge in [-0.25, -0.2) is 0 Å². The molecule has 0 heterocycles. The molecule has 3 aromatic carbocycles. The van der Waals surface area contributed by atoms with Crippen LogP contribution in [0, 0.1) is 0 Å². The molecule has 0 saturated heterocycles. The lowest BCUT2D eigenvalue weighted by atomic mass is 10.2. The summed E-state index contributed by atoms with van der Waals surface area (Å²) in [4.78, 5) is 0. The van der Waals surface area contributed by atoms with Gasteiger partial charge in [0.15, 0.2) is 11.5 Å². The van der Waals surface area contributed by atoms with Crippen LogP contribution in [0.15, 0.2) is 71.2 Å². The number of rotatable bonds is 9. The van der Waals surface area contributed by atoms with Gasteiger partial charge in [0, 0.05) is 10.0 Å². The third-order valence-corrected chi connectivity index (χ3v) is 4.63. The zero-order valence-electron chi connectivity index (χ0n) is 15.7. The van der Waals surface area contributed by atoms with Crippen LogP contribution >= 0.6 is 15.9 Å². The van der Waals surface area contributed by atoms with Crippen molar-refractivity contribution < 1.29 is 19.3 Å². The van der Waals surface area contributed by atoms with Crippen molar-refractivity contribution in [2.45, 2.75) is 26.7 Å². The summed E-state index contributed by atoms with van der Waals surface area (Å²) in [7, 11) is 0. The normalized spacial score (nSPS) is 10.5. The van der Waals surface area contributed by atoms with Crippen molar-refractivity contribution in [2.75, 3.05) is 6.61 Å². The fraction of sp³-hybridized carbons (Fsp3) is 0.217. The SMILES string of the molecule is CCOc1cc(COc2ccc(Br)cc2CO)ccc1OCc1ccccc1. The molecule has 0 aliphatic heterocycles. The topological polar surface area (TPSA) is 47.9 Å². The van der Waals surface area contributed by atoms with Crippen LogP contribution < -0.4 is 14.2 Å². The van der Waals surface area contributed by atoms with Gasteiger partial charge in [-0.15, -0.1) is 0 Å². The Morgan fingerprint density at radius 1 is 0.750 bits per heavy atom. The van der Waals surface area contributed by atoms with E-state index in [0.717, 1.165) is 21.2 Å². The van der Waals surface area contributed by atoms with E-state index >= 15 is 0 Å². The van der Waals surface area contributed by atoms with Crippen LogP contribution in [0.1, 0.15) is 23.6 Å². The molecule has 1 N–H and O–H groups in total. The molecule has 0 fully saturated rings. The lowest BCUT2D eigenvalue weighted by molar-refractivity contribution is 0.256. The van der Waals surface area contributed by atoms with Crippen LogP contribution in [0.4, 0.5) is 0 Å². The van der Waals surface area contributed by atoms with E-state index in [4.69, 9.17) is 14.2 Å². The summed E-state index contributed by atoms with van der Waals surface area (Å²) in [5.41, 5.74) is 2.80. The molecule has 146 valence electrons. The summed E-state index contributed by atoms with van der Waals surface area (Å²) in [6.07, 6.45) is 0. The number of aliphatic hydroxyl groups excluding tert-OH is 1. The van der Waals surface area contributed by atoms with E-state index in [1.54, 1.807) is 0 Å². The number of hydrogen-bond donors (Lipinski definition) is 1. The van der Waals surface area contributed by atoms with Crippen LogP contribution in [0.5, 0.6) is 17.2 Å². The van der Waals surface area contributed by atoms with E-state index in [0.29, 0.717) is 37.1 Å². The van der Waals surface area contributed by atoms with Crippen molar-refractivity contribution in [2.24, 2.45) is 0 Å². The highest BCUT2D eigenvalue weighted by Crippen LogP contribution is 2.30. The third-order valence-electron chi connectivity index (χ3n) is 4.13. The Balaban J connectivity index is 1.69. The van der Waals surface area contributed by atoms with E-state index in [9.17, 15) is 5.11 Å². The Hall–Kier alpha value is -2.50. The first-order valence-electron chi connectivity index (χ1n) is 9.14. The first-order chi connectivity index (χ1) is 13.7. The predicted molar refractivity (Wildman–Crippen MR) is 113 cm³/mol. The molecule has 0 radical (unpaired) electrons. The second-order valence-electron chi connectivity index (χ2n) is 6.19. The van der Waals surface area contributed by atoms with Crippen LogP contribution in [0.2, 0.25) is 0 Å². The van der Waals surface area contributed by atoms with Gasteiger partial charge < -0.3 is 19.3 Å². The molecule has 0 aromatic heterocycles. The van der Waals surface area contributed by atoms with Crippen molar-refractivity contribution in [3.8, 4) is 17.2 Å². The summed E-state index contributed by atoms with van der Waals surface area (Å²) >= 11 is 3.40. The largest absolute Gasteiger partial charge is 0.490 e. The van der Waals surface area contributed by atoms with Crippen LogP contribution in [0.25, 0.3) is 0 Å². The fourth-order valence-electron chi connectivity index (χ4n) is 2.74. The maximum absolute atomic E-state index is 9.51. The van der Waals surface area contributed by atoms with Crippen molar-refractivity contribution in [1.82, 2.24) is 0 Å². The van der Waals surface area contributed by atoms with Crippen LogP contribution in [-0.4, -0.2) is 11.7 Å². The monoisotopic (exact) mass is 442 g/mol. The molecule has 3 rings (SSSR count). The molecule has 3 aromatic rings. The second kappa shape index (κ2) is 10.2. The Kier molecular flexibility index (Phi) is 7.34. The highest BCUT2D eigenvalue weighted by atomic mass is 79.9. The van der Waals surface area contributed by atoms with E-state index in [1.807, 2.05) is 73.7 Å². The molecule has 0 atom stereocenters. The molecule has 0 amide bonds. The first-order valence-corrected chi connectivity index (χ1v) is 9.93. The first kappa shape index (κ1) is 20.2. The molecule has 5 heteroatoms. The average Bonchev–Trinajstić information content (AvgIpc) is 2.73. The lowest BCUT2D eigenvalue weighted by Crippen LogP contribution is -2.02. The van der Waals surface area contributed by atoms with Crippen molar-refractivity contribution >= 4 is 15.9 Å². The standard InChI is InChI=1S/C23H23BrO4/c1-2-26-23-12-18(16-27-21-11-9-20(24)13-19(21)14-25)8-10-22(23)28-15-17-6-4-3-5-7-17/h3-13,25H,2,14-16H2,1H3. The summed E-state index contributed by atoms with van der Waals surface area (Å²) in [6.45, 7) is 3.27. The van der Waals surface area contributed by atoms with Crippen LogP contribution in [-0.2, 0) is 19.8 Å². The van der Waals surface area contributed by atoms with Crippen LogP contribution in [0.3, 0.4) is 0 Å². The van der Waals surface area contributed by atoms with Gasteiger partial charge in [0.1, 0.15) is 19.0 Å². The molecule has 0 aliphatic carbocycles. The van der Waals surface area contributed by atoms with Gasteiger partial charge in [-0.05, 0) is 48.4 Å². The smallest absolute Gasteiger partial charge is 0.161 e. The van der Waals surface area contributed by atoms with Gasteiger partial charge in [0.05, 0.1) is 13.2 Å². The number of benzene rings is 3. The number of halogens is 1. The van der Waals surface area contributed by atoms with Crippen molar-refractivity contribution in [3.63, 3.8) is 0 Å². The molecule has 0 bridgehead atoms. The predicted octanol–water partition coefficient (Wildman–Crippen LogP) is 5.50. The summed E-state index contributed by atoms with van der Waals surface area (Å²) in [5, 5.41) is 9.51. The molecule has 0 saturated carbocycles. The molecular formula is C23H23BrO4.